The van der Waals surface area contributed by atoms with Crippen LogP contribution in [0.15, 0.2) is 51.0 Å². The lowest BCUT2D eigenvalue weighted by molar-refractivity contribution is -0.153. The first-order chi connectivity index (χ1) is 15.4. The van der Waals surface area contributed by atoms with Crippen LogP contribution in [-0.4, -0.2) is 29.7 Å². The largest absolute Gasteiger partial charge is 0.495 e. The van der Waals surface area contributed by atoms with Crippen LogP contribution in [0.3, 0.4) is 0 Å². The highest BCUT2D eigenvalue weighted by molar-refractivity contribution is 7.07. The van der Waals surface area contributed by atoms with Gasteiger partial charge in [-0.2, -0.15) is 0 Å². The molecule has 8 nitrogen and oxygen atoms in total. The van der Waals surface area contributed by atoms with Crippen LogP contribution in [0.4, 0.5) is 5.69 Å². The van der Waals surface area contributed by atoms with Crippen LogP contribution >= 0.6 is 11.3 Å². The number of anilines is 1. The summed E-state index contributed by atoms with van der Waals surface area (Å²) in [6.07, 6.45) is -1.04. The minimum Gasteiger partial charge on any atom is -0.495 e. The van der Waals surface area contributed by atoms with E-state index in [1.807, 2.05) is 24.3 Å². The predicted octanol–water partition coefficient (Wildman–Crippen LogP) is 4.09. The maximum atomic E-state index is 12.6. The van der Waals surface area contributed by atoms with Gasteiger partial charge in [-0.3, -0.25) is 14.4 Å². The number of nitrogens with zero attached hydrogens (tertiary/aromatic N) is 1. The topological polar surface area (TPSA) is 99.8 Å². The maximum absolute atomic E-state index is 12.6. The van der Waals surface area contributed by atoms with Gasteiger partial charge in [0.25, 0.3) is 5.91 Å². The number of fused-ring (bicyclic) bond motifs is 3. The lowest BCUT2D eigenvalue weighted by atomic mass is 10.1. The van der Waals surface area contributed by atoms with Gasteiger partial charge in [-0.25, -0.2) is 0 Å². The maximum Gasteiger partial charge on any atom is 0.308 e. The number of methoxy groups -OCH3 is 1. The van der Waals surface area contributed by atoms with E-state index in [9.17, 15) is 14.4 Å². The highest BCUT2D eigenvalue weighted by Gasteiger charge is 2.21. The summed E-state index contributed by atoms with van der Waals surface area (Å²) in [5.74, 6) is -0.607. The minimum atomic E-state index is -1.03. The van der Waals surface area contributed by atoms with Gasteiger partial charge in [0.1, 0.15) is 16.9 Å². The van der Waals surface area contributed by atoms with Gasteiger partial charge < -0.3 is 23.8 Å². The number of benzene rings is 2. The number of para-hydroxylation sites is 1. The van der Waals surface area contributed by atoms with Crippen molar-refractivity contribution in [1.82, 2.24) is 4.57 Å². The molecule has 0 aliphatic heterocycles. The highest BCUT2D eigenvalue weighted by atomic mass is 32.1. The molecule has 0 spiro atoms. The second-order valence-electron chi connectivity index (χ2n) is 7.31. The van der Waals surface area contributed by atoms with Gasteiger partial charge in [0.15, 0.2) is 6.10 Å². The van der Waals surface area contributed by atoms with E-state index in [4.69, 9.17) is 13.9 Å². The second kappa shape index (κ2) is 8.88. The van der Waals surface area contributed by atoms with Gasteiger partial charge in [-0.05, 0) is 26.0 Å². The number of esters is 1. The van der Waals surface area contributed by atoms with Gasteiger partial charge in [0.2, 0.25) is 0 Å². The van der Waals surface area contributed by atoms with E-state index in [0.29, 0.717) is 17.0 Å². The summed E-state index contributed by atoms with van der Waals surface area (Å²) in [7, 11) is 1.51. The molecular formula is C23H22N2O6S. The van der Waals surface area contributed by atoms with E-state index < -0.39 is 18.0 Å². The van der Waals surface area contributed by atoms with E-state index in [1.54, 1.807) is 24.4 Å². The van der Waals surface area contributed by atoms with E-state index in [1.165, 1.54) is 18.6 Å². The molecule has 1 N–H and O–H groups in total. The molecule has 0 aliphatic rings. The Morgan fingerprint density at radius 2 is 1.97 bits per heavy atom. The zero-order chi connectivity index (χ0) is 22.8. The first kappa shape index (κ1) is 21.6. The van der Waals surface area contributed by atoms with Crippen LogP contribution in [0.1, 0.15) is 19.0 Å². The molecule has 32 heavy (non-hydrogen) atoms. The molecule has 1 amide bonds. The smallest absolute Gasteiger partial charge is 0.308 e. The number of nitrogens with one attached hydrogen (secondary N) is 1. The van der Waals surface area contributed by atoms with Crippen molar-refractivity contribution < 1.29 is 23.5 Å². The Bertz CT molecular complexity index is 1370. The van der Waals surface area contributed by atoms with Gasteiger partial charge >= 0.3 is 10.8 Å². The number of rotatable bonds is 7. The number of amides is 1. The Kier molecular flexibility index (Phi) is 6.00. The molecule has 4 aromatic rings. The van der Waals surface area contributed by atoms with Crippen LogP contribution in [-0.2, 0) is 20.9 Å². The lowest BCUT2D eigenvalue weighted by Gasteiger charge is -2.15. The van der Waals surface area contributed by atoms with Crippen molar-refractivity contribution in [2.24, 2.45) is 0 Å². The summed E-state index contributed by atoms with van der Waals surface area (Å²) in [4.78, 5) is 36.4. The number of furan rings is 1. The Morgan fingerprint density at radius 3 is 2.69 bits per heavy atom. The fraction of sp³-hybridized carbons (Fsp3) is 0.261. The Hall–Kier alpha value is -3.59. The van der Waals surface area contributed by atoms with Crippen molar-refractivity contribution >= 4 is 50.8 Å². The van der Waals surface area contributed by atoms with E-state index >= 15 is 0 Å². The molecule has 0 saturated carbocycles. The molecule has 0 aliphatic carbocycles. The molecule has 0 saturated heterocycles. The average Bonchev–Trinajstić information content (AvgIpc) is 3.30. The third-order valence-corrected chi connectivity index (χ3v) is 6.03. The van der Waals surface area contributed by atoms with Gasteiger partial charge in [-0.1, -0.05) is 29.5 Å². The van der Waals surface area contributed by atoms with Crippen LogP contribution in [0.2, 0.25) is 0 Å². The number of hydrogen-bond acceptors (Lipinski definition) is 7. The van der Waals surface area contributed by atoms with Crippen molar-refractivity contribution in [3.8, 4) is 5.75 Å². The zero-order valence-electron chi connectivity index (χ0n) is 17.8. The standard InChI is InChI=1S/C23H22N2O6S/c1-13-12-32-23(28)25(13)9-8-21(26)30-14(2)22(27)24-17-11-19-16(10-20(17)29-3)15-6-4-5-7-18(15)31-19/h4-7,10-12,14H,8-9H2,1-3H3,(H,24,27)/t14-/m0/s1. The Balaban J connectivity index is 1.44. The quantitative estimate of drug-likeness (QED) is 0.422. The van der Waals surface area contributed by atoms with E-state index in [-0.39, 0.29) is 17.8 Å². The molecule has 0 unspecified atom stereocenters. The summed E-state index contributed by atoms with van der Waals surface area (Å²) in [6.45, 7) is 3.49. The number of hydrogen-bond donors (Lipinski definition) is 1. The molecule has 9 heteroatoms. The minimum absolute atomic E-state index is 0.0106. The zero-order valence-corrected chi connectivity index (χ0v) is 18.7. The molecule has 2 heterocycles. The molecule has 0 fully saturated rings. The Morgan fingerprint density at radius 1 is 1.19 bits per heavy atom. The molecule has 1 atom stereocenters. The first-order valence-corrected chi connectivity index (χ1v) is 10.9. The summed E-state index contributed by atoms with van der Waals surface area (Å²) >= 11 is 1.08. The SMILES string of the molecule is COc1cc2c(cc1NC(=O)[C@H](C)OC(=O)CCn1c(C)csc1=O)oc1ccccc12. The van der Waals surface area contributed by atoms with Crippen LogP contribution < -0.4 is 14.9 Å². The number of aromatic nitrogens is 1. The number of ether oxygens (including phenoxy) is 2. The third-order valence-electron chi connectivity index (χ3n) is 5.15. The average molecular weight is 455 g/mol. The highest BCUT2D eigenvalue weighted by Crippen LogP contribution is 2.36. The van der Waals surface area contributed by atoms with Crippen molar-refractivity contribution in [3.63, 3.8) is 0 Å². The number of carbonyl (C=O) groups excluding carboxylic acids is 2. The van der Waals surface area contributed by atoms with E-state index in [0.717, 1.165) is 33.4 Å². The number of carbonyl (C=O) groups is 2. The fourth-order valence-corrected chi connectivity index (χ4v) is 4.20. The molecule has 2 aromatic carbocycles. The first-order valence-electron chi connectivity index (χ1n) is 10.0. The summed E-state index contributed by atoms with van der Waals surface area (Å²) < 4.78 is 18.1. The number of thiazole rings is 1. The Labute approximate surface area is 187 Å². The van der Waals surface area contributed by atoms with Gasteiger partial charge in [-0.15, -0.1) is 0 Å². The van der Waals surface area contributed by atoms with Gasteiger partial charge in [0, 0.05) is 34.5 Å². The normalized spacial score (nSPS) is 12.1. The summed E-state index contributed by atoms with van der Waals surface area (Å²) in [6, 6.07) is 11.1. The lowest BCUT2D eigenvalue weighted by Crippen LogP contribution is -2.30. The van der Waals surface area contributed by atoms with Crippen LogP contribution in [0, 0.1) is 6.92 Å². The van der Waals surface area contributed by atoms with Gasteiger partial charge in [0.05, 0.1) is 19.2 Å². The van der Waals surface area contributed by atoms with Crippen LogP contribution in [0.5, 0.6) is 5.75 Å². The molecule has 0 bridgehead atoms. The number of aryl methyl sites for hydroxylation is 1. The molecule has 0 radical (unpaired) electrons. The predicted molar refractivity (Wildman–Crippen MR) is 122 cm³/mol. The van der Waals surface area contributed by atoms with Crippen molar-refractivity contribution in [1.29, 1.82) is 0 Å². The summed E-state index contributed by atoms with van der Waals surface area (Å²) in [5, 5.41) is 6.28. The van der Waals surface area contributed by atoms with E-state index in [2.05, 4.69) is 5.32 Å². The van der Waals surface area contributed by atoms with Crippen molar-refractivity contribution in [3.05, 3.63) is 57.1 Å². The fourth-order valence-electron chi connectivity index (χ4n) is 3.44. The van der Waals surface area contributed by atoms with Crippen LogP contribution in [0.25, 0.3) is 21.9 Å². The van der Waals surface area contributed by atoms with Crippen molar-refractivity contribution in [2.45, 2.75) is 32.9 Å². The molecule has 166 valence electrons. The second-order valence-corrected chi connectivity index (χ2v) is 8.13. The van der Waals surface area contributed by atoms with Crippen molar-refractivity contribution in [2.75, 3.05) is 12.4 Å². The molecule has 2 aromatic heterocycles. The molecule has 4 rings (SSSR count). The monoisotopic (exact) mass is 454 g/mol. The molecular weight excluding hydrogens is 432 g/mol. The summed E-state index contributed by atoms with van der Waals surface area (Å²) in [5.41, 5.74) is 2.53. The third kappa shape index (κ3) is 4.24.